The topological polar surface area (TPSA) is 32.7 Å². The van der Waals surface area contributed by atoms with Gasteiger partial charge in [-0.1, -0.05) is 24.0 Å². The Morgan fingerprint density at radius 3 is 2.14 bits per heavy atom. The highest BCUT2D eigenvalue weighted by molar-refractivity contribution is 8.22. The summed E-state index contributed by atoms with van der Waals surface area (Å²) in [5, 5.41) is 10.1. The number of nitrogens with zero attached hydrogens (tertiary/aromatic N) is 1. The van der Waals surface area contributed by atoms with Gasteiger partial charge in [0, 0.05) is 18.8 Å². The molecule has 2 rings (SSSR count). The van der Waals surface area contributed by atoms with E-state index in [-0.39, 0.29) is 0 Å². The minimum absolute atomic E-state index is 0.425. The Morgan fingerprint density at radius 2 is 1.62 bits per heavy atom. The first-order valence-electron chi connectivity index (χ1n) is 7.21. The highest BCUT2D eigenvalue weighted by Gasteiger charge is 2.17. The van der Waals surface area contributed by atoms with Crippen molar-refractivity contribution in [2.45, 2.75) is 33.4 Å². The van der Waals surface area contributed by atoms with Crippen molar-refractivity contribution in [1.82, 2.24) is 4.90 Å². The van der Waals surface area contributed by atoms with E-state index in [1.807, 2.05) is 13.8 Å². The van der Waals surface area contributed by atoms with Crippen LogP contribution in [-0.4, -0.2) is 40.6 Å². The van der Waals surface area contributed by atoms with E-state index in [4.69, 9.17) is 17.0 Å². The van der Waals surface area contributed by atoms with E-state index in [0.717, 1.165) is 47.5 Å². The molecule has 1 aromatic carbocycles. The van der Waals surface area contributed by atoms with E-state index in [9.17, 15) is 5.11 Å². The van der Waals surface area contributed by atoms with Crippen LogP contribution < -0.4 is 0 Å². The summed E-state index contributed by atoms with van der Waals surface area (Å²) < 4.78 is 6.30. The summed E-state index contributed by atoms with van der Waals surface area (Å²) in [6.45, 7) is 11.4. The van der Waals surface area contributed by atoms with E-state index in [0.29, 0.717) is 5.75 Å². The van der Waals surface area contributed by atoms with Gasteiger partial charge in [-0.2, -0.15) is 0 Å². The van der Waals surface area contributed by atoms with Gasteiger partial charge in [0.25, 0.3) is 0 Å². The van der Waals surface area contributed by atoms with Crippen molar-refractivity contribution < 1.29 is 9.84 Å². The monoisotopic (exact) mass is 325 g/mol. The zero-order chi connectivity index (χ0) is 15.6. The first kappa shape index (κ1) is 16.6. The number of hydrogen-bond acceptors (Lipinski definition) is 4. The van der Waals surface area contributed by atoms with Gasteiger partial charge in [0.1, 0.15) is 10.1 Å². The molecule has 0 aliphatic carbocycles. The molecule has 0 saturated carbocycles. The summed E-state index contributed by atoms with van der Waals surface area (Å²) in [7, 11) is 0. The standard InChI is InChI=1S/C16H23NO2S2/c1-10-12(3)15(18)13(4)11(2)14(10)9-21-16(20)17-5-7-19-8-6-17/h18H,5-9H2,1-4H3. The predicted molar refractivity (Wildman–Crippen MR) is 93.3 cm³/mol. The van der Waals surface area contributed by atoms with Gasteiger partial charge < -0.3 is 14.7 Å². The minimum Gasteiger partial charge on any atom is -0.507 e. The Kier molecular flexibility index (Phi) is 5.52. The van der Waals surface area contributed by atoms with Gasteiger partial charge in [-0.3, -0.25) is 0 Å². The first-order chi connectivity index (χ1) is 9.93. The number of rotatable bonds is 2. The van der Waals surface area contributed by atoms with Crippen molar-refractivity contribution in [3.8, 4) is 5.75 Å². The van der Waals surface area contributed by atoms with Crippen LogP contribution in [0.1, 0.15) is 27.8 Å². The maximum Gasteiger partial charge on any atom is 0.136 e. The van der Waals surface area contributed by atoms with Crippen LogP contribution >= 0.6 is 24.0 Å². The average molecular weight is 325 g/mol. The van der Waals surface area contributed by atoms with Gasteiger partial charge >= 0.3 is 0 Å². The number of phenolic OH excluding ortho intramolecular Hbond substituents is 1. The fourth-order valence-electron chi connectivity index (χ4n) is 2.56. The number of phenols is 1. The van der Waals surface area contributed by atoms with E-state index in [1.165, 1.54) is 16.7 Å². The number of hydrogen-bond donors (Lipinski definition) is 1. The zero-order valence-corrected chi connectivity index (χ0v) is 14.8. The number of thiocarbonyl (C=S) groups is 1. The molecule has 0 aromatic heterocycles. The lowest BCUT2D eigenvalue weighted by Gasteiger charge is -2.29. The quantitative estimate of drug-likeness (QED) is 0.842. The number of thioether (sulfide) groups is 1. The summed E-state index contributed by atoms with van der Waals surface area (Å²) in [6.07, 6.45) is 0. The van der Waals surface area contributed by atoms with E-state index >= 15 is 0 Å². The van der Waals surface area contributed by atoms with Crippen molar-refractivity contribution in [2.75, 3.05) is 26.3 Å². The molecule has 0 atom stereocenters. The van der Waals surface area contributed by atoms with Gasteiger partial charge in [0.05, 0.1) is 13.2 Å². The normalized spacial score (nSPS) is 15.3. The Hall–Kier alpha value is -0.780. The molecule has 1 saturated heterocycles. The number of benzene rings is 1. The maximum absolute atomic E-state index is 10.1. The first-order valence-corrected chi connectivity index (χ1v) is 8.60. The molecule has 1 aliphatic rings. The summed E-state index contributed by atoms with van der Waals surface area (Å²) >= 11 is 7.24. The third-order valence-electron chi connectivity index (χ3n) is 4.35. The SMILES string of the molecule is Cc1c(C)c(CSC(=S)N2CCOCC2)c(C)c(C)c1O. The third-order valence-corrected chi connectivity index (χ3v) is 5.90. The number of ether oxygens (including phenoxy) is 1. The molecule has 0 spiro atoms. The molecule has 1 fully saturated rings. The largest absolute Gasteiger partial charge is 0.507 e. The van der Waals surface area contributed by atoms with Crippen LogP contribution in [0.25, 0.3) is 0 Å². The van der Waals surface area contributed by atoms with Crippen molar-refractivity contribution in [3.63, 3.8) is 0 Å². The van der Waals surface area contributed by atoms with Crippen molar-refractivity contribution >= 4 is 28.3 Å². The van der Waals surface area contributed by atoms with Gasteiger partial charge in [-0.05, 0) is 55.5 Å². The lowest BCUT2D eigenvalue weighted by molar-refractivity contribution is 0.0702. The van der Waals surface area contributed by atoms with Gasteiger partial charge in [0.15, 0.2) is 0 Å². The van der Waals surface area contributed by atoms with Crippen LogP contribution in [-0.2, 0) is 10.5 Å². The Bertz CT molecular complexity index is 523. The molecule has 0 radical (unpaired) electrons. The van der Waals surface area contributed by atoms with Crippen LogP contribution in [0.4, 0.5) is 0 Å². The van der Waals surface area contributed by atoms with Gasteiger partial charge in [-0.25, -0.2) is 0 Å². The van der Waals surface area contributed by atoms with Crippen LogP contribution in [0.3, 0.4) is 0 Å². The summed E-state index contributed by atoms with van der Waals surface area (Å²) in [4.78, 5) is 2.22. The van der Waals surface area contributed by atoms with E-state index < -0.39 is 0 Å². The van der Waals surface area contributed by atoms with Crippen molar-refractivity contribution in [2.24, 2.45) is 0 Å². The Balaban J connectivity index is 2.11. The lowest BCUT2D eigenvalue weighted by atomic mass is 9.94. The molecular weight excluding hydrogens is 302 g/mol. The molecular formula is C16H23NO2S2. The summed E-state index contributed by atoms with van der Waals surface area (Å²) in [5.41, 5.74) is 5.60. The highest BCUT2D eigenvalue weighted by atomic mass is 32.2. The third kappa shape index (κ3) is 3.52. The van der Waals surface area contributed by atoms with Gasteiger partial charge in [-0.15, -0.1) is 0 Å². The molecule has 1 N–H and O–H groups in total. The molecule has 1 aromatic rings. The molecule has 0 unspecified atom stereocenters. The molecule has 3 nitrogen and oxygen atoms in total. The minimum atomic E-state index is 0.425. The fourth-order valence-corrected chi connectivity index (χ4v) is 3.98. The molecule has 116 valence electrons. The van der Waals surface area contributed by atoms with Gasteiger partial charge in [0.2, 0.25) is 0 Å². The van der Waals surface area contributed by atoms with E-state index in [1.54, 1.807) is 11.8 Å². The highest BCUT2D eigenvalue weighted by Crippen LogP contribution is 2.33. The Morgan fingerprint density at radius 1 is 1.10 bits per heavy atom. The fraction of sp³-hybridized carbons (Fsp3) is 0.562. The lowest BCUT2D eigenvalue weighted by Crippen LogP contribution is -2.38. The molecule has 21 heavy (non-hydrogen) atoms. The summed E-state index contributed by atoms with van der Waals surface area (Å²) in [6, 6.07) is 0. The predicted octanol–water partition coefficient (Wildman–Crippen LogP) is 3.48. The van der Waals surface area contributed by atoms with E-state index in [2.05, 4.69) is 18.7 Å². The van der Waals surface area contributed by atoms with Crippen LogP contribution in [0.5, 0.6) is 5.75 Å². The molecule has 1 aliphatic heterocycles. The average Bonchev–Trinajstić information content (AvgIpc) is 2.51. The Labute approximate surface area is 136 Å². The second-order valence-electron chi connectivity index (χ2n) is 5.48. The van der Waals surface area contributed by atoms with Crippen molar-refractivity contribution in [1.29, 1.82) is 0 Å². The molecule has 0 bridgehead atoms. The second kappa shape index (κ2) is 6.99. The second-order valence-corrected chi connectivity index (χ2v) is 7.09. The smallest absolute Gasteiger partial charge is 0.136 e. The maximum atomic E-state index is 10.1. The van der Waals surface area contributed by atoms with Crippen LogP contribution in [0.15, 0.2) is 0 Å². The summed E-state index contributed by atoms with van der Waals surface area (Å²) in [5.74, 6) is 1.28. The van der Waals surface area contributed by atoms with Crippen LogP contribution in [0.2, 0.25) is 0 Å². The molecule has 1 heterocycles. The van der Waals surface area contributed by atoms with Crippen molar-refractivity contribution in [3.05, 3.63) is 27.8 Å². The van der Waals surface area contributed by atoms with Crippen LogP contribution in [0, 0.1) is 27.7 Å². The molecule has 0 amide bonds. The number of aromatic hydroxyl groups is 1. The molecule has 5 heteroatoms. The zero-order valence-electron chi connectivity index (χ0n) is 13.2. The number of morpholine rings is 1.